The Labute approximate surface area is 428 Å². The van der Waals surface area contributed by atoms with Crippen molar-refractivity contribution < 1.29 is 4.74 Å². The summed E-state index contributed by atoms with van der Waals surface area (Å²) < 4.78 is 6.42. The number of nitrogen functional groups attached to an aromatic ring is 1. The molecule has 12 rings (SSSR count). The van der Waals surface area contributed by atoms with Crippen molar-refractivity contribution in [1.82, 2.24) is 65.5 Å². The number of aromatic nitrogens is 11. The molecule has 8 aromatic rings. The number of nitrogens with one attached hydrogen (secondary N) is 4. The van der Waals surface area contributed by atoms with Crippen molar-refractivity contribution in [3.05, 3.63) is 150 Å². The van der Waals surface area contributed by atoms with E-state index in [1.807, 2.05) is 67.3 Å². The van der Waals surface area contributed by atoms with E-state index in [0.717, 1.165) is 72.7 Å². The first-order valence-electron chi connectivity index (χ1n) is 25.2. The highest BCUT2D eigenvalue weighted by atomic mass is 16.5. The molecule has 0 atom stereocenters. The Kier molecular flexibility index (Phi) is 13.3. The van der Waals surface area contributed by atoms with Gasteiger partial charge in [-0.25, -0.2) is 24.9 Å². The van der Waals surface area contributed by atoms with Crippen molar-refractivity contribution in [2.75, 3.05) is 108 Å². The zero-order chi connectivity index (χ0) is 49.6. The van der Waals surface area contributed by atoms with Gasteiger partial charge in [-0.15, -0.1) is 0 Å². The smallest absolute Gasteiger partial charge is 0.232 e. The van der Waals surface area contributed by atoms with Crippen LogP contribution in [0.5, 0.6) is 5.75 Å². The van der Waals surface area contributed by atoms with E-state index in [0.29, 0.717) is 123 Å². The molecular formula is C53H56N20O. The summed E-state index contributed by atoms with van der Waals surface area (Å²) in [5, 5.41) is 13.7. The molecule has 0 radical (unpaired) electrons. The number of ether oxygens (including phenoxy) is 1. The van der Waals surface area contributed by atoms with E-state index < -0.39 is 0 Å². The summed E-state index contributed by atoms with van der Waals surface area (Å²) >= 11 is 0. The fourth-order valence-electron chi connectivity index (χ4n) is 9.44. The van der Waals surface area contributed by atoms with Crippen LogP contribution >= 0.6 is 0 Å². The van der Waals surface area contributed by atoms with Crippen LogP contribution in [0.25, 0.3) is 11.4 Å². The van der Waals surface area contributed by atoms with Crippen LogP contribution in [-0.2, 0) is 25.8 Å². The maximum atomic E-state index is 6.51. The lowest BCUT2D eigenvalue weighted by molar-refractivity contribution is 0.142. The molecule has 3 fully saturated rings. The predicted molar refractivity (Wildman–Crippen MR) is 284 cm³/mol. The zero-order valence-corrected chi connectivity index (χ0v) is 40.8. The van der Waals surface area contributed by atoms with E-state index >= 15 is 0 Å². The van der Waals surface area contributed by atoms with Gasteiger partial charge < -0.3 is 51.3 Å². The maximum Gasteiger partial charge on any atom is 0.232 e. The SMILES string of the molecule is Nc1nc(N2CCN(c3nc(Nc4cnc5c(c4)CNCC5)nc(-c4cc(OC5CNC5)ccc4Nc4ncnc(N5CCN(c6ncc(Cc7ccccc7)cn6)CC5)n4)n3)CC2)ncc1Cc1ccccc1. The summed E-state index contributed by atoms with van der Waals surface area (Å²) in [4.78, 5) is 61.8. The van der Waals surface area contributed by atoms with E-state index in [1.165, 1.54) is 11.9 Å². The number of pyridine rings is 1. The van der Waals surface area contributed by atoms with Crippen LogP contribution in [0.3, 0.4) is 0 Å². The van der Waals surface area contributed by atoms with Crippen molar-refractivity contribution in [3.8, 4) is 17.1 Å². The number of hydrogen-bond donors (Lipinski definition) is 5. The highest BCUT2D eigenvalue weighted by molar-refractivity contribution is 5.79. The van der Waals surface area contributed by atoms with Gasteiger partial charge in [-0.1, -0.05) is 60.7 Å². The lowest BCUT2D eigenvalue weighted by Crippen LogP contribution is -2.50. The Morgan fingerprint density at radius 1 is 0.568 bits per heavy atom. The summed E-state index contributed by atoms with van der Waals surface area (Å²) in [6.45, 7) is 8.42. The summed E-state index contributed by atoms with van der Waals surface area (Å²) in [7, 11) is 0. The summed E-state index contributed by atoms with van der Waals surface area (Å²) in [5.74, 6) is 4.74. The molecule has 0 unspecified atom stereocenters. The van der Waals surface area contributed by atoms with E-state index in [-0.39, 0.29) is 6.10 Å². The Hall–Kier alpha value is -8.69. The van der Waals surface area contributed by atoms with Gasteiger partial charge in [-0.3, -0.25) is 4.98 Å². The Morgan fingerprint density at radius 3 is 1.93 bits per heavy atom. The van der Waals surface area contributed by atoms with Crippen molar-refractivity contribution in [1.29, 1.82) is 0 Å². The number of benzene rings is 3. The van der Waals surface area contributed by atoms with E-state index in [2.05, 4.69) is 93.3 Å². The van der Waals surface area contributed by atoms with Gasteiger partial charge in [0, 0.05) is 133 Å². The topological polar surface area (TPSA) is 238 Å². The molecule has 9 heterocycles. The number of piperazine rings is 2. The van der Waals surface area contributed by atoms with Crippen LogP contribution in [0.15, 0.2) is 116 Å². The van der Waals surface area contributed by atoms with Crippen LogP contribution in [0.1, 0.15) is 33.5 Å². The lowest BCUT2D eigenvalue weighted by atomic mass is 10.1. The van der Waals surface area contributed by atoms with Crippen LogP contribution in [0.2, 0.25) is 0 Å². The van der Waals surface area contributed by atoms with Gasteiger partial charge in [0.1, 0.15) is 24.0 Å². The number of nitrogens with zero attached hydrogens (tertiary/aromatic N) is 15. The Balaban J connectivity index is 0.796. The third kappa shape index (κ3) is 10.7. The van der Waals surface area contributed by atoms with Crippen molar-refractivity contribution >= 4 is 52.9 Å². The van der Waals surface area contributed by atoms with E-state index in [1.54, 1.807) is 0 Å². The molecule has 374 valence electrons. The van der Waals surface area contributed by atoms with Crippen LogP contribution in [0.4, 0.5) is 52.9 Å². The Morgan fingerprint density at radius 2 is 1.23 bits per heavy atom. The van der Waals surface area contributed by atoms with Gasteiger partial charge in [0.05, 0.1) is 17.6 Å². The minimum atomic E-state index is 0.0478. The summed E-state index contributed by atoms with van der Waals surface area (Å²) in [6, 6.07) is 28.5. The molecule has 74 heavy (non-hydrogen) atoms. The molecule has 4 aliphatic heterocycles. The summed E-state index contributed by atoms with van der Waals surface area (Å²) in [5.41, 5.74) is 15.2. The highest BCUT2D eigenvalue weighted by Crippen LogP contribution is 2.34. The third-order valence-corrected chi connectivity index (χ3v) is 13.6. The van der Waals surface area contributed by atoms with E-state index in [9.17, 15) is 0 Å². The molecule has 21 heteroatoms. The molecule has 3 saturated heterocycles. The fraction of sp³-hybridized carbons (Fsp3) is 0.302. The third-order valence-electron chi connectivity index (χ3n) is 13.6. The van der Waals surface area contributed by atoms with Crippen molar-refractivity contribution in [2.24, 2.45) is 0 Å². The molecular weight excluding hydrogens is 933 g/mol. The minimum Gasteiger partial charge on any atom is -0.488 e. The fourth-order valence-corrected chi connectivity index (χ4v) is 9.44. The first-order valence-corrected chi connectivity index (χ1v) is 25.2. The van der Waals surface area contributed by atoms with Crippen molar-refractivity contribution in [2.45, 2.75) is 31.9 Å². The molecule has 3 aromatic carbocycles. The maximum absolute atomic E-state index is 6.51. The van der Waals surface area contributed by atoms with Gasteiger partial charge in [-0.05, 0) is 46.5 Å². The molecule has 5 aromatic heterocycles. The van der Waals surface area contributed by atoms with Crippen LogP contribution in [0, 0.1) is 0 Å². The molecule has 6 N–H and O–H groups in total. The molecule has 4 aliphatic rings. The van der Waals surface area contributed by atoms with Gasteiger partial charge in [0.2, 0.25) is 35.7 Å². The molecule has 21 nitrogen and oxygen atoms in total. The second-order valence-electron chi connectivity index (χ2n) is 18.7. The molecule has 0 spiro atoms. The van der Waals surface area contributed by atoms with Crippen LogP contribution < -0.4 is 51.3 Å². The highest BCUT2D eigenvalue weighted by Gasteiger charge is 2.27. The average Bonchev–Trinajstić information content (AvgIpc) is 3.43. The van der Waals surface area contributed by atoms with Gasteiger partial charge >= 0.3 is 0 Å². The number of nitrogens with two attached hydrogens (primary N) is 1. The van der Waals surface area contributed by atoms with Gasteiger partial charge in [0.25, 0.3) is 0 Å². The quantitative estimate of drug-likeness (QED) is 0.0944. The number of hydrogen-bond acceptors (Lipinski definition) is 21. The number of fused-ring (bicyclic) bond motifs is 1. The molecule has 0 saturated carbocycles. The number of rotatable bonds is 15. The van der Waals surface area contributed by atoms with Crippen LogP contribution in [-0.4, -0.2) is 133 Å². The summed E-state index contributed by atoms with van der Waals surface area (Å²) in [6.07, 6.45) is 11.4. The normalized spacial score (nSPS) is 15.8. The monoisotopic (exact) mass is 988 g/mol. The molecule has 0 amide bonds. The van der Waals surface area contributed by atoms with E-state index in [4.69, 9.17) is 55.3 Å². The Bertz CT molecular complexity index is 3200. The minimum absolute atomic E-state index is 0.0478. The van der Waals surface area contributed by atoms with Gasteiger partial charge in [0.15, 0.2) is 5.82 Å². The molecule has 0 aliphatic carbocycles. The van der Waals surface area contributed by atoms with Gasteiger partial charge in [-0.2, -0.15) is 24.9 Å². The second-order valence-corrected chi connectivity index (χ2v) is 18.7. The largest absolute Gasteiger partial charge is 0.488 e. The molecule has 0 bridgehead atoms. The lowest BCUT2D eigenvalue weighted by Gasteiger charge is -2.35. The predicted octanol–water partition coefficient (Wildman–Crippen LogP) is 4.60. The first-order chi connectivity index (χ1) is 36.5. The zero-order valence-electron chi connectivity index (χ0n) is 40.8. The first kappa shape index (κ1) is 46.4. The van der Waals surface area contributed by atoms with Crippen molar-refractivity contribution in [3.63, 3.8) is 0 Å². The number of anilines is 9. The standard InChI is InChI=1S/C53H56N20O/c54-46-39(24-36-9-5-2-6-10-36)30-60-51(65-46)71-19-21-73(22-20-71)53-67-47(66-49(69-53)63-40-25-38-29-55-14-13-44(38)57-31-40)43-26-41(74-42-32-56-33-42)11-12-45(43)64-48-61-34-62-52(68-48)72-17-15-70(16-18-72)50-58-27-37(28-59-50)23-35-7-3-1-4-8-35/h1-12,25-28,30-31,34,42,55-56H,13-24,29,32-33H2,(H2,54,60,65)(H,61,62,64,68)(H,63,66,67,69). The second kappa shape index (κ2) is 21.2. The average molecular weight is 989 g/mol.